The van der Waals surface area contributed by atoms with Crippen molar-refractivity contribution in [3.05, 3.63) is 29.3 Å². The first kappa shape index (κ1) is 15.9. The minimum absolute atomic E-state index is 0.0461. The second kappa shape index (κ2) is 6.66. The second-order valence-electron chi connectivity index (χ2n) is 6.08. The van der Waals surface area contributed by atoms with Crippen LogP contribution in [0.5, 0.6) is 0 Å². The standard InChI is InChI=1S/C16H20ClN5O/c1-11-4-3-5-12(2)22(11)15(23)10-21-19-16(18-20-21)13-6-8-14(17)9-7-13/h6-9,11-12H,3-5,10H2,1-2H3/t11-,12-/m0/s1. The lowest BCUT2D eigenvalue weighted by Crippen LogP contribution is -2.48. The first-order chi connectivity index (χ1) is 11.0. The molecule has 2 atom stereocenters. The van der Waals surface area contributed by atoms with Crippen LogP contribution in [0.1, 0.15) is 33.1 Å². The molecule has 1 aromatic carbocycles. The Hall–Kier alpha value is -1.95. The molecule has 1 saturated heterocycles. The highest BCUT2D eigenvalue weighted by atomic mass is 35.5. The Morgan fingerprint density at radius 2 is 1.87 bits per heavy atom. The van der Waals surface area contributed by atoms with Crippen molar-refractivity contribution in [2.75, 3.05) is 0 Å². The molecule has 122 valence electrons. The van der Waals surface area contributed by atoms with Gasteiger partial charge in [-0.05, 0) is 62.6 Å². The lowest BCUT2D eigenvalue weighted by atomic mass is 9.97. The highest BCUT2D eigenvalue weighted by molar-refractivity contribution is 6.30. The first-order valence-corrected chi connectivity index (χ1v) is 8.27. The Kier molecular flexibility index (Phi) is 4.61. The Morgan fingerprint density at radius 1 is 1.22 bits per heavy atom. The van der Waals surface area contributed by atoms with Crippen molar-refractivity contribution < 1.29 is 4.79 Å². The summed E-state index contributed by atoms with van der Waals surface area (Å²) in [6.07, 6.45) is 3.28. The first-order valence-electron chi connectivity index (χ1n) is 7.89. The molecule has 0 saturated carbocycles. The van der Waals surface area contributed by atoms with Crippen molar-refractivity contribution in [3.8, 4) is 11.4 Å². The molecular formula is C16H20ClN5O. The number of tetrazole rings is 1. The molecule has 1 aliphatic rings. The molecular weight excluding hydrogens is 314 g/mol. The largest absolute Gasteiger partial charge is 0.336 e. The number of carbonyl (C=O) groups excluding carboxylic acids is 1. The molecule has 6 nitrogen and oxygen atoms in total. The predicted octanol–water partition coefficient (Wildman–Crippen LogP) is 2.78. The van der Waals surface area contributed by atoms with E-state index in [1.54, 1.807) is 12.1 Å². The van der Waals surface area contributed by atoms with Gasteiger partial charge >= 0.3 is 0 Å². The normalized spacial score (nSPS) is 21.4. The van der Waals surface area contributed by atoms with Crippen LogP contribution in [0, 0.1) is 0 Å². The molecule has 3 rings (SSSR count). The maximum atomic E-state index is 12.6. The van der Waals surface area contributed by atoms with Crippen molar-refractivity contribution in [1.29, 1.82) is 0 Å². The predicted molar refractivity (Wildman–Crippen MR) is 87.9 cm³/mol. The summed E-state index contributed by atoms with van der Waals surface area (Å²) >= 11 is 5.87. The third-order valence-corrected chi connectivity index (χ3v) is 4.57. The van der Waals surface area contributed by atoms with Crippen LogP contribution < -0.4 is 0 Å². The number of nitrogens with zero attached hydrogens (tertiary/aromatic N) is 5. The molecule has 1 amide bonds. The third-order valence-electron chi connectivity index (χ3n) is 4.31. The fourth-order valence-corrected chi connectivity index (χ4v) is 3.27. The smallest absolute Gasteiger partial charge is 0.246 e. The van der Waals surface area contributed by atoms with E-state index in [0.29, 0.717) is 10.8 Å². The zero-order chi connectivity index (χ0) is 16.4. The van der Waals surface area contributed by atoms with Gasteiger partial charge in [-0.2, -0.15) is 4.80 Å². The number of halogens is 1. The fraction of sp³-hybridized carbons (Fsp3) is 0.500. The van der Waals surface area contributed by atoms with Crippen LogP contribution >= 0.6 is 11.6 Å². The topological polar surface area (TPSA) is 63.9 Å². The van der Waals surface area contributed by atoms with Crippen molar-refractivity contribution in [2.24, 2.45) is 0 Å². The zero-order valence-electron chi connectivity index (χ0n) is 13.3. The summed E-state index contributed by atoms with van der Waals surface area (Å²) in [5, 5.41) is 13.0. The molecule has 7 heteroatoms. The lowest BCUT2D eigenvalue weighted by molar-refractivity contribution is -0.138. The number of benzene rings is 1. The number of likely N-dealkylation sites (tertiary alicyclic amines) is 1. The highest BCUT2D eigenvalue weighted by Crippen LogP contribution is 2.23. The van der Waals surface area contributed by atoms with E-state index in [0.717, 1.165) is 18.4 Å². The quantitative estimate of drug-likeness (QED) is 0.866. The van der Waals surface area contributed by atoms with Gasteiger partial charge in [0.15, 0.2) is 0 Å². The highest BCUT2D eigenvalue weighted by Gasteiger charge is 2.29. The molecule has 1 aromatic heterocycles. The van der Waals surface area contributed by atoms with Gasteiger partial charge < -0.3 is 4.90 Å². The molecule has 2 heterocycles. The van der Waals surface area contributed by atoms with Crippen molar-refractivity contribution in [2.45, 2.75) is 51.7 Å². The van der Waals surface area contributed by atoms with E-state index in [1.807, 2.05) is 17.0 Å². The minimum atomic E-state index is 0.0461. The molecule has 0 N–H and O–H groups in total. The molecule has 0 radical (unpaired) electrons. The van der Waals surface area contributed by atoms with Crippen LogP contribution in [0.4, 0.5) is 0 Å². The van der Waals surface area contributed by atoms with E-state index >= 15 is 0 Å². The van der Waals surface area contributed by atoms with Crippen LogP contribution in [0.2, 0.25) is 5.02 Å². The minimum Gasteiger partial charge on any atom is -0.336 e. The van der Waals surface area contributed by atoms with Gasteiger partial charge in [-0.25, -0.2) is 0 Å². The number of rotatable bonds is 3. The van der Waals surface area contributed by atoms with Gasteiger partial charge in [-0.3, -0.25) is 4.79 Å². The maximum absolute atomic E-state index is 12.6. The van der Waals surface area contributed by atoms with Gasteiger partial charge in [-0.15, -0.1) is 10.2 Å². The SMILES string of the molecule is C[C@H]1CCC[C@H](C)N1C(=O)Cn1nnc(-c2ccc(Cl)cc2)n1. The Balaban J connectivity index is 1.71. The Morgan fingerprint density at radius 3 is 2.52 bits per heavy atom. The average molecular weight is 334 g/mol. The van der Waals surface area contributed by atoms with Crippen LogP contribution in [0.25, 0.3) is 11.4 Å². The van der Waals surface area contributed by atoms with Gasteiger partial charge in [0.05, 0.1) is 0 Å². The number of hydrogen-bond acceptors (Lipinski definition) is 4. The number of carbonyl (C=O) groups is 1. The fourth-order valence-electron chi connectivity index (χ4n) is 3.14. The van der Waals surface area contributed by atoms with Crippen LogP contribution in [-0.2, 0) is 11.3 Å². The number of hydrogen-bond donors (Lipinski definition) is 0. The van der Waals surface area contributed by atoms with Crippen LogP contribution in [0.15, 0.2) is 24.3 Å². The summed E-state index contributed by atoms with van der Waals surface area (Å²) in [6, 6.07) is 7.76. The van der Waals surface area contributed by atoms with E-state index in [2.05, 4.69) is 29.3 Å². The summed E-state index contributed by atoms with van der Waals surface area (Å²) in [5.41, 5.74) is 0.827. The number of piperidine rings is 1. The third kappa shape index (κ3) is 3.52. The van der Waals surface area contributed by atoms with Crippen molar-refractivity contribution >= 4 is 17.5 Å². The van der Waals surface area contributed by atoms with Gasteiger partial charge in [0, 0.05) is 22.7 Å². The molecule has 0 bridgehead atoms. The molecule has 0 spiro atoms. The van der Waals surface area contributed by atoms with Crippen molar-refractivity contribution in [1.82, 2.24) is 25.1 Å². The second-order valence-corrected chi connectivity index (χ2v) is 6.52. The molecule has 1 aliphatic heterocycles. The van der Waals surface area contributed by atoms with E-state index in [1.165, 1.54) is 11.2 Å². The van der Waals surface area contributed by atoms with Gasteiger partial charge in [0.2, 0.25) is 11.7 Å². The van der Waals surface area contributed by atoms with Crippen LogP contribution in [-0.4, -0.2) is 43.1 Å². The van der Waals surface area contributed by atoms with Gasteiger partial charge in [0.1, 0.15) is 6.54 Å². The number of aromatic nitrogens is 4. The molecule has 1 fully saturated rings. The Bertz CT molecular complexity index is 674. The summed E-state index contributed by atoms with van der Waals surface area (Å²) in [4.78, 5) is 15.9. The van der Waals surface area contributed by atoms with Gasteiger partial charge in [0.25, 0.3) is 0 Å². The molecule has 0 aliphatic carbocycles. The van der Waals surface area contributed by atoms with E-state index in [9.17, 15) is 4.79 Å². The molecule has 2 aromatic rings. The van der Waals surface area contributed by atoms with E-state index < -0.39 is 0 Å². The molecule has 0 unspecified atom stereocenters. The zero-order valence-corrected chi connectivity index (χ0v) is 14.1. The molecule has 23 heavy (non-hydrogen) atoms. The number of amides is 1. The maximum Gasteiger partial charge on any atom is 0.246 e. The van der Waals surface area contributed by atoms with E-state index in [4.69, 9.17) is 11.6 Å². The summed E-state index contributed by atoms with van der Waals surface area (Å²) in [5.74, 6) is 0.541. The van der Waals surface area contributed by atoms with E-state index in [-0.39, 0.29) is 24.5 Å². The summed E-state index contributed by atoms with van der Waals surface area (Å²) in [7, 11) is 0. The lowest BCUT2D eigenvalue weighted by Gasteiger charge is -2.38. The van der Waals surface area contributed by atoms with Crippen LogP contribution in [0.3, 0.4) is 0 Å². The monoisotopic (exact) mass is 333 g/mol. The average Bonchev–Trinajstić information content (AvgIpc) is 2.96. The van der Waals surface area contributed by atoms with Crippen molar-refractivity contribution in [3.63, 3.8) is 0 Å². The van der Waals surface area contributed by atoms with Gasteiger partial charge in [-0.1, -0.05) is 11.6 Å². The summed E-state index contributed by atoms with van der Waals surface area (Å²) in [6.45, 7) is 4.32. The Labute approximate surface area is 140 Å². The summed E-state index contributed by atoms with van der Waals surface area (Å²) < 4.78 is 0.